The van der Waals surface area contributed by atoms with E-state index in [0.29, 0.717) is 10.4 Å². The van der Waals surface area contributed by atoms with Crippen LogP contribution in [0.1, 0.15) is 26.6 Å². The quantitative estimate of drug-likeness (QED) is 0.388. The number of nitrogens with one attached hydrogen (secondary N) is 2. The SMILES string of the molecule is Cc1c(=O)n(Cc2cc(NC(=O)O)no2)c(=O)n2cc(C(=O)NCc3ccc(F)cc3)sc12. The van der Waals surface area contributed by atoms with Gasteiger partial charge in [0.05, 0.1) is 6.54 Å². The molecule has 170 valence electrons. The minimum absolute atomic E-state index is 0.0842. The van der Waals surface area contributed by atoms with Crippen LogP contribution in [0.15, 0.2) is 50.6 Å². The molecule has 3 N–H and O–H groups in total. The van der Waals surface area contributed by atoms with Gasteiger partial charge >= 0.3 is 11.8 Å². The summed E-state index contributed by atoms with van der Waals surface area (Å²) in [5, 5.41) is 16.9. The van der Waals surface area contributed by atoms with Crippen LogP contribution in [0.4, 0.5) is 15.0 Å². The summed E-state index contributed by atoms with van der Waals surface area (Å²) in [7, 11) is 0. The molecule has 3 heterocycles. The lowest BCUT2D eigenvalue weighted by Crippen LogP contribution is -2.38. The molecule has 0 bridgehead atoms. The van der Waals surface area contributed by atoms with Gasteiger partial charge in [-0.2, -0.15) is 0 Å². The Hall–Kier alpha value is -4.26. The van der Waals surface area contributed by atoms with Crippen LogP contribution in [0.5, 0.6) is 0 Å². The van der Waals surface area contributed by atoms with E-state index >= 15 is 0 Å². The fourth-order valence-corrected chi connectivity index (χ4v) is 4.09. The molecule has 0 spiro atoms. The van der Waals surface area contributed by atoms with E-state index in [1.165, 1.54) is 35.7 Å². The third-order valence-corrected chi connectivity index (χ3v) is 5.90. The largest absolute Gasteiger partial charge is 0.465 e. The zero-order valence-corrected chi connectivity index (χ0v) is 17.8. The van der Waals surface area contributed by atoms with Gasteiger partial charge in [-0.1, -0.05) is 17.3 Å². The van der Waals surface area contributed by atoms with Crippen LogP contribution in [-0.4, -0.2) is 31.2 Å². The zero-order chi connectivity index (χ0) is 23.7. The molecule has 4 aromatic rings. The average Bonchev–Trinajstić information content (AvgIpc) is 3.41. The maximum atomic E-state index is 13.0. The van der Waals surface area contributed by atoms with Gasteiger partial charge in [-0.05, 0) is 24.6 Å². The number of hydrogen-bond acceptors (Lipinski definition) is 7. The number of halogens is 1. The van der Waals surface area contributed by atoms with Crippen molar-refractivity contribution in [1.82, 2.24) is 19.4 Å². The number of aryl methyl sites for hydroxylation is 1. The number of carbonyl (C=O) groups excluding carboxylic acids is 1. The Morgan fingerprint density at radius 2 is 1.97 bits per heavy atom. The maximum absolute atomic E-state index is 13.0. The smallest absolute Gasteiger partial charge is 0.410 e. The minimum atomic E-state index is -1.34. The van der Waals surface area contributed by atoms with E-state index in [2.05, 4.69) is 10.5 Å². The standard InChI is InChI=1S/C20H16FN5O6S/c1-10-17(28)25(8-13-6-15(24-32-13)23-19(29)30)20(31)26-9-14(33-18(10)26)16(27)22-7-11-2-4-12(21)5-3-11/h2-6,9H,7-8H2,1H3,(H,22,27)(H,23,24)(H,29,30). The highest BCUT2D eigenvalue weighted by Crippen LogP contribution is 2.19. The third kappa shape index (κ3) is 4.52. The molecular weight excluding hydrogens is 457 g/mol. The van der Waals surface area contributed by atoms with Crippen LogP contribution < -0.4 is 21.9 Å². The molecular formula is C20H16FN5O6S. The summed E-state index contributed by atoms with van der Waals surface area (Å²) < 4.78 is 20.1. The lowest BCUT2D eigenvalue weighted by molar-refractivity contribution is 0.0954. The number of fused-ring (bicyclic) bond motifs is 1. The third-order valence-electron chi connectivity index (χ3n) is 4.69. The summed E-state index contributed by atoms with van der Waals surface area (Å²) in [6.07, 6.45) is -0.00357. The highest BCUT2D eigenvalue weighted by molar-refractivity contribution is 7.19. The van der Waals surface area contributed by atoms with Crippen molar-refractivity contribution in [2.75, 3.05) is 5.32 Å². The predicted molar refractivity (Wildman–Crippen MR) is 115 cm³/mol. The molecule has 2 amide bonds. The number of anilines is 1. The molecule has 13 heteroatoms. The normalized spacial score (nSPS) is 11.0. The summed E-state index contributed by atoms with van der Waals surface area (Å²) in [5.74, 6) is -0.833. The number of hydrogen-bond donors (Lipinski definition) is 3. The molecule has 0 aliphatic carbocycles. The van der Waals surface area contributed by atoms with Crippen molar-refractivity contribution >= 4 is 34.0 Å². The Balaban J connectivity index is 1.61. The van der Waals surface area contributed by atoms with Crippen molar-refractivity contribution in [2.45, 2.75) is 20.0 Å². The Kier molecular flexibility index (Phi) is 5.79. The monoisotopic (exact) mass is 473 g/mol. The van der Waals surface area contributed by atoms with Crippen molar-refractivity contribution in [3.05, 3.63) is 84.9 Å². The molecule has 3 aromatic heterocycles. The van der Waals surface area contributed by atoms with Crippen molar-refractivity contribution in [2.24, 2.45) is 0 Å². The second-order valence-corrected chi connectivity index (χ2v) is 8.02. The van der Waals surface area contributed by atoms with Gasteiger partial charge in [0.2, 0.25) is 0 Å². The summed E-state index contributed by atoms with van der Waals surface area (Å²) >= 11 is 0.990. The van der Waals surface area contributed by atoms with Crippen LogP contribution in [0, 0.1) is 12.7 Å². The zero-order valence-electron chi connectivity index (χ0n) is 17.0. The lowest BCUT2D eigenvalue weighted by Gasteiger charge is -2.05. The summed E-state index contributed by atoms with van der Waals surface area (Å²) in [6.45, 7) is 1.41. The summed E-state index contributed by atoms with van der Waals surface area (Å²) in [6, 6.07) is 6.92. The second-order valence-electron chi connectivity index (χ2n) is 6.99. The number of benzene rings is 1. The Morgan fingerprint density at radius 1 is 1.24 bits per heavy atom. The maximum Gasteiger partial charge on any atom is 0.410 e. The fraction of sp³-hybridized carbons (Fsp3) is 0.150. The van der Waals surface area contributed by atoms with Crippen molar-refractivity contribution in [3.8, 4) is 0 Å². The average molecular weight is 473 g/mol. The number of amides is 2. The number of nitrogens with zero attached hydrogens (tertiary/aromatic N) is 3. The molecule has 0 aliphatic heterocycles. The van der Waals surface area contributed by atoms with E-state index in [0.717, 1.165) is 15.9 Å². The van der Waals surface area contributed by atoms with Crippen LogP contribution >= 0.6 is 11.3 Å². The van der Waals surface area contributed by atoms with E-state index in [4.69, 9.17) is 9.63 Å². The van der Waals surface area contributed by atoms with Crippen molar-refractivity contribution in [1.29, 1.82) is 0 Å². The minimum Gasteiger partial charge on any atom is -0.465 e. The topological polar surface area (TPSA) is 148 Å². The molecule has 0 radical (unpaired) electrons. The van der Waals surface area contributed by atoms with E-state index in [-0.39, 0.29) is 40.9 Å². The predicted octanol–water partition coefficient (Wildman–Crippen LogP) is 2.03. The molecule has 11 nitrogen and oxygen atoms in total. The number of carbonyl (C=O) groups is 2. The van der Waals surface area contributed by atoms with Crippen LogP contribution in [-0.2, 0) is 13.1 Å². The fourth-order valence-electron chi connectivity index (χ4n) is 3.09. The van der Waals surface area contributed by atoms with Crippen molar-refractivity contribution < 1.29 is 23.6 Å². The van der Waals surface area contributed by atoms with E-state index in [9.17, 15) is 23.6 Å². The van der Waals surface area contributed by atoms with Crippen LogP contribution in [0.25, 0.3) is 4.83 Å². The Bertz CT molecular complexity index is 1480. The van der Waals surface area contributed by atoms with Gasteiger partial charge in [0.25, 0.3) is 11.5 Å². The lowest BCUT2D eigenvalue weighted by atomic mass is 10.2. The summed E-state index contributed by atoms with van der Waals surface area (Å²) in [5.41, 5.74) is -0.328. The molecule has 0 saturated heterocycles. The number of aromatic nitrogens is 3. The highest BCUT2D eigenvalue weighted by Gasteiger charge is 2.19. The Morgan fingerprint density at radius 3 is 2.67 bits per heavy atom. The van der Waals surface area contributed by atoms with Crippen LogP contribution in [0.3, 0.4) is 0 Å². The van der Waals surface area contributed by atoms with Crippen molar-refractivity contribution in [3.63, 3.8) is 0 Å². The van der Waals surface area contributed by atoms with Gasteiger partial charge in [-0.25, -0.2) is 14.0 Å². The van der Waals surface area contributed by atoms with Gasteiger partial charge in [-0.3, -0.25) is 23.9 Å². The first-order valence-corrected chi connectivity index (χ1v) is 10.3. The molecule has 33 heavy (non-hydrogen) atoms. The summed E-state index contributed by atoms with van der Waals surface area (Å²) in [4.78, 5) is 49.5. The highest BCUT2D eigenvalue weighted by atomic mass is 32.1. The first kappa shape index (κ1) is 22.0. The second kappa shape index (κ2) is 8.70. The molecule has 0 unspecified atom stereocenters. The van der Waals surface area contributed by atoms with Crippen LogP contribution in [0.2, 0.25) is 0 Å². The molecule has 0 aliphatic rings. The first-order valence-electron chi connectivity index (χ1n) is 9.46. The van der Waals surface area contributed by atoms with Gasteiger partial charge < -0.3 is 14.9 Å². The molecule has 0 fully saturated rings. The number of carboxylic acid groups (broad SMARTS) is 1. The first-order chi connectivity index (χ1) is 15.7. The number of rotatable bonds is 6. The van der Waals surface area contributed by atoms with Gasteiger partial charge in [0.15, 0.2) is 11.6 Å². The van der Waals surface area contributed by atoms with Gasteiger partial charge in [-0.15, -0.1) is 11.3 Å². The molecule has 4 rings (SSSR count). The number of thiazole rings is 1. The van der Waals surface area contributed by atoms with E-state index in [1.807, 2.05) is 5.32 Å². The van der Waals surface area contributed by atoms with Gasteiger partial charge in [0.1, 0.15) is 15.5 Å². The van der Waals surface area contributed by atoms with Gasteiger partial charge in [0, 0.05) is 24.4 Å². The molecule has 0 atom stereocenters. The Labute approximate surface area is 187 Å². The van der Waals surface area contributed by atoms with E-state index < -0.39 is 23.2 Å². The van der Waals surface area contributed by atoms with E-state index in [1.54, 1.807) is 12.1 Å². The molecule has 1 aromatic carbocycles. The molecule has 0 saturated carbocycles.